The topological polar surface area (TPSA) is 214 Å². The van der Waals surface area contributed by atoms with Crippen molar-refractivity contribution in [2.75, 3.05) is 33.0 Å². The number of allylic oxidation sites excluding steroid dienone is 4. The van der Waals surface area contributed by atoms with Gasteiger partial charge < -0.3 is 64.2 Å². The largest absolute Gasteiger partial charge is 0.457 e. The zero-order chi connectivity index (χ0) is 48.0. The molecule has 0 saturated carbocycles. The molecule has 0 bridgehead atoms. The number of aliphatic hydroxyl groups is 7. The molecule has 14 heteroatoms. The first-order chi connectivity index (χ1) is 32.1. The van der Waals surface area contributed by atoms with Gasteiger partial charge in [-0.15, -0.1) is 0 Å². The Labute approximate surface area is 398 Å². The third-order valence-electron chi connectivity index (χ3n) is 12.7. The van der Waals surface area contributed by atoms with Gasteiger partial charge in [0.25, 0.3) is 0 Å². The minimum Gasteiger partial charge on any atom is -0.457 e. The fourth-order valence-corrected chi connectivity index (χ4v) is 8.37. The Morgan fingerprint density at radius 3 is 1.48 bits per heavy atom. The molecule has 0 aliphatic carbocycles. The van der Waals surface area contributed by atoms with Crippen molar-refractivity contribution in [3.8, 4) is 0 Å². The van der Waals surface area contributed by atoms with Gasteiger partial charge in [0.1, 0.15) is 54.9 Å². The Morgan fingerprint density at radius 1 is 0.500 bits per heavy atom. The molecular weight excluding hydrogens is 849 g/mol. The minimum atomic E-state index is -1.70. The number of hydrogen-bond acceptors (Lipinski definition) is 14. The van der Waals surface area contributed by atoms with E-state index in [9.17, 15) is 40.5 Å². The van der Waals surface area contributed by atoms with Crippen molar-refractivity contribution in [3.63, 3.8) is 0 Å². The van der Waals surface area contributed by atoms with Crippen LogP contribution in [-0.4, -0.2) is 142 Å². The van der Waals surface area contributed by atoms with Crippen LogP contribution in [0.25, 0.3) is 0 Å². The molecule has 2 fully saturated rings. The first-order valence-corrected chi connectivity index (χ1v) is 26.4. The highest BCUT2D eigenvalue weighted by Crippen LogP contribution is 2.26. The normalized spacial score (nSPS) is 26.4. The molecule has 2 rings (SSSR count). The maximum absolute atomic E-state index is 13.0. The van der Waals surface area contributed by atoms with E-state index < -0.39 is 80.7 Å². The van der Waals surface area contributed by atoms with Crippen LogP contribution in [0.2, 0.25) is 0 Å². The molecule has 2 heterocycles. The molecule has 11 unspecified atom stereocenters. The van der Waals surface area contributed by atoms with Crippen LogP contribution in [0.4, 0.5) is 0 Å². The Balaban J connectivity index is 1.73. The maximum atomic E-state index is 13.0. The molecule has 14 nitrogen and oxygen atoms in total. The van der Waals surface area contributed by atoms with Crippen molar-refractivity contribution in [2.24, 2.45) is 0 Å². The zero-order valence-corrected chi connectivity index (χ0v) is 41.2. The highest BCUT2D eigenvalue weighted by atomic mass is 16.7. The SMILES string of the molecule is CCCCC/C=C\C/C=C\CCCCCCCCCCCCOCC(COC1OC(COC2OC(CO)C(O)C(O)C2O)C(O)C(O)C1O)OC(=O)CCCCCCCCCCCCCC. The minimum absolute atomic E-state index is 0.0633. The van der Waals surface area contributed by atoms with E-state index >= 15 is 0 Å². The van der Waals surface area contributed by atoms with Crippen LogP contribution in [-0.2, 0) is 33.2 Å². The highest BCUT2D eigenvalue weighted by Gasteiger charge is 2.47. The smallest absolute Gasteiger partial charge is 0.306 e. The number of esters is 1. The van der Waals surface area contributed by atoms with Gasteiger partial charge in [0, 0.05) is 13.0 Å². The first kappa shape index (κ1) is 60.6. The lowest BCUT2D eigenvalue weighted by Crippen LogP contribution is -2.61. The number of carbonyl (C=O) groups is 1. The van der Waals surface area contributed by atoms with Gasteiger partial charge >= 0.3 is 5.97 Å². The predicted molar refractivity (Wildman–Crippen MR) is 257 cm³/mol. The van der Waals surface area contributed by atoms with Crippen molar-refractivity contribution in [1.29, 1.82) is 0 Å². The van der Waals surface area contributed by atoms with Crippen LogP contribution >= 0.6 is 0 Å². The first-order valence-electron chi connectivity index (χ1n) is 26.4. The number of hydrogen-bond donors (Lipinski definition) is 7. The molecule has 2 aliphatic heterocycles. The molecular formula is C52H96O14. The van der Waals surface area contributed by atoms with Crippen LogP contribution < -0.4 is 0 Å². The average Bonchev–Trinajstić information content (AvgIpc) is 3.31. The van der Waals surface area contributed by atoms with Crippen LogP contribution in [0, 0.1) is 0 Å². The van der Waals surface area contributed by atoms with E-state index in [-0.39, 0.29) is 25.6 Å². The second-order valence-corrected chi connectivity index (χ2v) is 18.7. The molecule has 0 radical (unpaired) electrons. The Hall–Kier alpha value is -1.53. The van der Waals surface area contributed by atoms with Crippen molar-refractivity contribution < 1.29 is 69.0 Å². The number of carbonyl (C=O) groups excluding carboxylic acids is 1. The van der Waals surface area contributed by atoms with E-state index in [0.29, 0.717) is 13.0 Å². The fourth-order valence-electron chi connectivity index (χ4n) is 8.37. The molecule has 2 aliphatic rings. The summed E-state index contributed by atoms with van der Waals surface area (Å²) in [4.78, 5) is 13.0. The summed E-state index contributed by atoms with van der Waals surface area (Å²) in [6, 6.07) is 0. The van der Waals surface area contributed by atoms with E-state index in [4.69, 9.17) is 28.4 Å². The van der Waals surface area contributed by atoms with Crippen LogP contribution in [0.1, 0.15) is 200 Å². The van der Waals surface area contributed by atoms with Gasteiger partial charge in [0.15, 0.2) is 12.6 Å². The van der Waals surface area contributed by atoms with Crippen LogP contribution in [0.3, 0.4) is 0 Å². The van der Waals surface area contributed by atoms with Crippen LogP contribution in [0.15, 0.2) is 24.3 Å². The predicted octanol–water partition coefficient (Wildman–Crippen LogP) is 8.02. The Bertz CT molecular complexity index is 1190. The molecule has 0 amide bonds. The Morgan fingerprint density at radius 2 is 0.939 bits per heavy atom. The summed E-state index contributed by atoms with van der Waals surface area (Å²) < 4.78 is 34.3. The maximum Gasteiger partial charge on any atom is 0.306 e. The molecule has 0 aromatic heterocycles. The number of ether oxygens (including phenoxy) is 6. The molecule has 0 aromatic carbocycles. The summed E-state index contributed by atoms with van der Waals surface area (Å²) in [6.07, 6.45) is 26.7. The molecule has 388 valence electrons. The van der Waals surface area contributed by atoms with Gasteiger partial charge in [-0.25, -0.2) is 0 Å². The lowest BCUT2D eigenvalue weighted by molar-refractivity contribution is -0.332. The third kappa shape index (κ3) is 27.6. The molecule has 7 N–H and O–H groups in total. The second kappa shape index (κ2) is 40.2. The molecule has 0 aromatic rings. The molecule has 0 spiro atoms. The summed E-state index contributed by atoms with van der Waals surface area (Å²) in [5.74, 6) is -0.376. The molecule has 2 saturated heterocycles. The summed E-state index contributed by atoms with van der Waals surface area (Å²) in [7, 11) is 0. The van der Waals surface area contributed by atoms with Gasteiger partial charge in [-0.05, 0) is 44.9 Å². The van der Waals surface area contributed by atoms with Gasteiger partial charge in [-0.1, -0.05) is 173 Å². The van der Waals surface area contributed by atoms with E-state index in [1.165, 1.54) is 128 Å². The van der Waals surface area contributed by atoms with Crippen molar-refractivity contribution in [1.82, 2.24) is 0 Å². The average molecular weight is 945 g/mol. The fraction of sp³-hybridized carbons (Fsp3) is 0.904. The summed E-state index contributed by atoms with van der Waals surface area (Å²) in [5, 5.41) is 72.1. The summed E-state index contributed by atoms with van der Waals surface area (Å²) in [5.41, 5.74) is 0. The van der Waals surface area contributed by atoms with E-state index in [1.54, 1.807) is 0 Å². The standard InChI is InChI=1S/C52H96O14/c1-3-5-7-9-11-13-15-17-18-19-20-21-22-23-24-26-28-30-32-34-36-61-38-41(64-44(54)35-33-31-29-27-25-16-14-12-10-8-6-4-2)39-62-51-50(60)48(58)46(56)43(66-51)40-63-52-49(59)47(57)45(55)42(37-53)65-52/h11,13,17-18,41-43,45-53,55-60H,3-10,12,14-16,19-40H2,1-2H3/b13-11-,18-17-. The van der Waals surface area contributed by atoms with Crippen LogP contribution in [0.5, 0.6) is 0 Å². The Kier molecular flexibility index (Phi) is 36.9. The molecule has 11 atom stereocenters. The quantitative estimate of drug-likeness (QED) is 0.0175. The van der Waals surface area contributed by atoms with Gasteiger partial charge in [-0.2, -0.15) is 0 Å². The highest BCUT2D eigenvalue weighted by molar-refractivity contribution is 5.69. The third-order valence-corrected chi connectivity index (χ3v) is 12.7. The lowest BCUT2D eigenvalue weighted by Gasteiger charge is -2.42. The van der Waals surface area contributed by atoms with E-state index in [0.717, 1.165) is 44.9 Å². The zero-order valence-electron chi connectivity index (χ0n) is 41.2. The van der Waals surface area contributed by atoms with Crippen molar-refractivity contribution >= 4 is 5.97 Å². The monoisotopic (exact) mass is 945 g/mol. The number of aliphatic hydroxyl groups excluding tert-OH is 7. The molecule has 66 heavy (non-hydrogen) atoms. The summed E-state index contributed by atoms with van der Waals surface area (Å²) in [6.45, 7) is 3.67. The number of unbranched alkanes of at least 4 members (excludes halogenated alkanes) is 24. The van der Waals surface area contributed by atoms with Crippen molar-refractivity contribution in [2.45, 2.75) is 268 Å². The van der Waals surface area contributed by atoms with E-state index in [1.807, 2.05) is 0 Å². The van der Waals surface area contributed by atoms with Gasteiger partial charge in [0.05, 0.1) is 26.4 Å². The van der Waals surface area contributed by atoms with Gasteiger partial charge in [0.2, 0.25) is 0 Å². The second-order valence-electron chi connectivity index (χ2n) is 18.7. The summed E-state index contributed by atoms with van der Waals surface area (Å²) >= 11 is 0. The van der Waals surface area contributed by atoms with Crippen molar-refractivity contribution in [3.05, 3.63) is 24.3 Å². The van der Waals surface area contributed by atoms with Gasteiger partial charge in [-0.3, -0.25) is 4.79 Å². The lowest BCUT2D eigenvalue weighted by atomic mass is 9.98. The number of rotatable bonds is 42. The van der Waals surface area contributed by atoms with E-state index in [2.05, 4.69) is 38.2 Å².